The summed E-state index contributed by atoms with van der Waals surface area (Å²) in [6.07, 6.45) is 1.76. The van der Waals surface area contributed by atoms with Crippen molar-refractivity contribution in [2.24, 2.45) is 0 Å². The topological polar surface area (TPSA) is 106 Å². The number of nitrogens with zero attached hydrogens (tertiary/aromatic N) is 4. The van der Waals surface area contributed by atoms with E-state index in [0.717, 1.165) is 0 Å². The van der Waals surface area contributed by atoms with Crippen molar-refractivity contribution in [3.8, 4) is 0 Å². The van der Waals surface area contributed by atoms with Crippen LogP contribution in [0.4, 0.5) is 16.3 Å². The van der Waals surface area contributed by atoms with Gasteiger partial charge >= 0.3 is 6.03 Å². The van der Waals surface area contributed by atoms with Crippen molar-refractivity contribution in [2.75, 3.05) is 17.2 Å². The van der Waals surface area contributed by atoms with E-state index in [0.29, 0.717) is 23.7 Å². The molecule has 0 aromatic carbocycles. The summed E-state index contributed by atoms with van der Waals surface area (Å²) in [5.74, 6) is 0.157. The third kappa shape index (κ3) is 1.54. The molecule has 18 heavy (non-hydrogen) atoms. The smallest absolute Gasteiger partial charge is 0.328 e. The van der Waals surface area contributed by atoms with Gasteiger partial charge in [0.25, 0.3) is 0 Å². The van der Waals surface area contributed by atoms with Crippen LogP contribution in [0, 0.1) is 0 Å². The molecule has 1 aliphatic heterocycles. The third-order valence-electron chi connectivity index (χ3n) is 2.79. The molecule has 8 nitrogen and oxygen atoms in total. The number of urea groups is 1. The Morgan fingerprint density at radius 1 is 1.33 bits per heavy atom. The number of nitrogens with two attached hydrogens (primary N) is 1. The number of hydrogen-bond acceptors (Lipinski definition) is 5. The number of nitrogens with one attached hydrogen (secondary N) is 1. The zero-order chi connectivity index (χ0) is 12.7. The van der Waals surface area contributed by atoms with Gasteiger partial charge in [0.1, 0.15) is 12.1 Å². The Morgan fingerprint density at radius 3 is 2.94 bits per heavy atom. The zero-order valence-electron chi connectivity index (χ0n) is 9.33. The first-order valence-electron chi connectivity index (χ1n) is 5.36. The molecule has 92 valence electrons. The predicted octanol–water partition coefficient (Wildman–Crippen LogP) is -0.242. The molecule has 0 unspecified atom stereocenters. The molecule has 2 aromatic rings. The van der Waals surface area contributed by atoms with E-state index in [4.69, 9.17) is 5.73 Å². The van der Waals surface area contributed by atoms with E-state index in [9.17, 15) is 9.59 Å². The Morgan fingerprint density at radius 2 is 2.17 bits per heavy atom. The minimum atomic E-state index is -0.450. The molecule has 3 N–H and O–H groups in total. The summed E-state index contributed by atoms with van der Waals surface area (Å²) in [7, 11) is 0. The molecule has 0 radical (unpaired) electrons. The second kappa shape index (κ2) is 3.69. The van der Waals surface area contributed by atoms with Gasteiger partial charge in [0.05, 0.1) is 5.69 Å². The number of aromatic nitrogens is 3. The molecular weight excluding hydrogens is 236 g/mol. The molecule has 0 atom stereocenters. The molecule has 3 amide bonds. The van der Waals surface area contributed by atoms with Crippen molar-refractivity contribution in [1.29, 1.82) is 0 Å². The van der Waals surface area contributed by atoms with Gasteiger partial charge in [0.15, 0.2) is 5.65 Å². The number of pyridine rings is 1. The van der Waals surface area contributed by atoms with Crippen LogP contribution < -0.4 is 16.0 Å². The summed E-state index contributed by atoms with van der Waals surface area (Å²) in [4.78, 5) is 24.2. The average molecular weight is 246 g/mol. The van der Waals surface area contributed by atoms with Crippen LogP contribution in [0.5, 0.6) is 0 Å². The highest BCUT2D eigenvalue weighted by molar-refractivity contribution is 6.05. The number of imide groups is 1. The van der Waals surface area contributed by atoms with Gasteiger partial charge in [-0.1, -0.05) is 0 Å². The standard InChI is InChI=1S/C10H10N6O2/c11-7-3-6(4-8-14-12-5-16(7)8)15-2-1-9(17)13-10(15)18/h3-5H,1-2,11H2,(H,13,17,18). The number of anilines is 2. The van der Waals surface area contributed by atoms with E-state index in [2.05, 4.69) is 15.5 Å². The number of nitrogen functional groups attached to an aromatic ring is 1. The summed E-state index contributed by atoms with van der Waals surface area (Å²) in [5, 5.41) is 9.88. The van der Waals surface area contributed by atoms with Gasteiger partial charge < -0.3 is 5.73 Å². The van der Waals surface area contributed by atoms with Gasteiger partial charge in [0.2, 0.25) is 5.91 Å². The number of fused-ring (bicyclic) bond motifs is 1. The Bertz CT molecular complexity index is 649. The van der Waals surface area contributed by atoms with E-state index >= 15 is 0 Å². The van der Waals surface area contributed by atoms with Gasteiger partial charge in [-0.05, 0) is 0 Å². The van der Waals surface area contributed by atoms with Crippen LogP contribution >= 0.6 is 0 Å². The average Bonchev–Trinajstić information content (AvgIpc) is 2.77. The van der Waals surface area contributed by atoms with Crippen LogP contribution in [0.3, 0.4) is 0 Å². The fourth-order valence-electron chi connectivity index (χ4n) is 1.90. The fourth-order valence-corrected chi connectivity index (χ4v) is 1.90. The largest absolute Gasteiger partial charge is 0.385 e. The number of hydrogen-bond donors (Lipinski definition) is 2. The Labute approximate surface area is 101 Å². The molecule has 3 heterocycles. The zero-order valence-corrected chi connectivity index (χ0v) is 9.33. The predicted molar refractivity (Wildman–Crippen MR) is 62.9 cm³/mol. The molecule has 0 bridgehead atoms. The molecule has 2 aromatic heterocycles. The number of amides is 3. The van der Waals surface area contributed by atoms with Crippen LogP contribution in [0.1, 0.15) is 6.42 Å². The maximum Gasteiger partial charge on any atom is 0.328 e. The lowest BCUT2D eigenvalue weighted by molar-refractivity contribution is -0.120. The van der Waals surface area contributed by atoms with E-state index in [-0.39, 0.29) is 12.3 Å². The monoisotopic (exact) mass is 246 g/mol. The van der Waals surface area contributed by atoms with Crippen LogP contribution in [0.25, 0.3) is 5.65 Å². The molecule has 0 aliphatic carbocycles. The lowest BCUT2D eigenvalue weighted by atomic mass is 10.2. The molecule has 1 fully saturated rings. The van der Waals surface area contributed by atoms with E-state index in [1.165, 1.54) is 11.2 Å². The van der Waals surface area contributed by atoms with Crippen molar-refractivity contribution in [1.82, 2.24) is 19.9 Å². The van der Waals surface area contributed by atoms with E-state index in [1.54, 1.807) is 16.5 Å². The maximum atomic E-state index is 11.7. The second-order valence-corrected chi connectivity index (χ2v) is 3.95. The number of rotatable bonds is 1. The van der Waals surface area contributed by atoms with E-state index in [1.807, 2.05) is 0 Å². The quantitative estimate of drug-likeness (QED) is 0.722. The summed E-state index contributed by atoms with van der Waals surface area (Å²) < 4.78 is 1.61. The van der Waals surface area contributed by atoms with Gasteiger partial charge in [-0.3, -0.25) is 19.4 Å². The minimum absolute atomic E-state index is 0.267. The first kappa shape index (κ1) is 10.5. The van der Waals surface area contributed by atoms with Crippen molar-refractivity contribution in [3.63, 3.8) is 0 Å². The normalized spacial score (nSPS) is 16.1. The molecule has 0 spiro atoms. The van der Waals surface area contributed by atoms with Gasteiger partial charge in [-0.2, -0.15) is 0 Å². The van der Waals surface area contributed by atoms with Gasteiger partial charge in [-0.15, -0.1) is 10.2 Å². The van der Waals surface area contributed by atoms with Gasteiger partial charge in [-0.25, -0.2) is 4.79 Å². The highest BCUT2D eigenvalue weighted by Gasteiger charge is 2.24. The van der Waals surface area contributed by atoms with Crippen molar-refractivity contribution < 1.29 is 9.59 Å². The number of carbonyl (C=O) groups is 2. The lowest BCUT2D eigenvalue weighted by Gasteiger charge is -2.26. The van der Waals surface area contributed by atoms with Gasteiger partial charge in [0, 0.05) is 25.1 Å². The molecule has 1 saturated heterocycles. The SMILES string of the molecule is Nc1cc(N2CCC(=O)NC2=O)cc2nncn12. The summed E-state index contributed by atoms with van der Waals surface area (Å²) in [5.41, 5.74) is 6.98. The Balaban J connectivity index is 2.03. The summed E-state index contributed by atoms with van der Waals surface area (Å²) >= 11 is 0. The lowest BCUT2D eigenvalue weighted by Crippen LogP contribution is -2.49. The first-order chi connectivity index (χ1) is 8.65. The van der Waals surface area contributed by atoms with Crippen molar-refractivity contribution >= 4 is 29.1 Å². The Kier molecular flexibility index (Phi) is 2.15. The van der Waals surface area contributed by atoms with E-state index < -0.39 is 6.03 Å². The van der Waals surface area contributed by atoms with Crippen LogP contribution in [-0.2, 0) is 4.79 Å². The molecule has 0 saturated carbocycles. The summed E-state index contributed by atoms with van der Waals surface area (Å²) in [6, 6.07) is 2.89. The number of carbonyl (C=O) groups excluding carboxylic acids is 2. The molecule has 1 aliphatic rings. The highest BCUT2D eigenvalue weighted by Crippen LogP contribution is 2.21. The van der Waals surface area contributed by atoms with Crippen LogP contribution in [-0.4, -0.2) is 33.1 Å². The molecule has 3 rings (SSSR count). The highest BCUT2D eigenvalue weighted by atomic mass is 16.2. The third-order valence-corrected chi connectivity index (χ3v) is 2.79. The summed E-state index contributed by atoms with van der Waals surface area (Å²) in [6.45, 7) is 0.328. The maximum absolute atomic E-state index is 11.7. The van der Waals surface area contributed by atoms with Crippen molar-refractivity contribution in [2.45, 2.75) is 6.42 Å². The second-order valence-electron chi connectivity index (χ2n) is 3.95. The minimum Gasteiger partial charge on any atom is -0.385 e. The van der Waals surface area contributed by atoms with Crippen molar-refractivity contribution in [3.05, 3.63) is 18.5 Å². The Hall–Kier alpha value is -2.64. The van der Waals surface area contributed by atoms with Crippen LogP contribution in [0.15, 0.2) is 18.5 Å². The molecule has 8 heteroatoms. The fraction of sp³-hybridized carbons (Fsp3) is 0.200. The molecular formula is C10H10N6O2. The first-order valence-corrected chi connectivity index (χ1v) is 5.36. The van der Waals surface area contributed by atoms with Crippen LogP contribution in [0.2, 0.25) is 0 Å².